The van der Waals surface area contributed by atoms with Crippen LogP contribution in [-0.2, 0) is 24.2 Å². The number of carbonyl (C=O) groups is 1. The van der Waals surface area contributed by atoms with Gasteiger partial charge in [0.25, 0.3) is 11.2 Å². The molecule has 0 unspecified atom stereocenters. The van der Waals surface area contributed by atoms with Crippen molar-refractivity contribution in [2.45, 2.75) is 37.8 Å². The van der Waals surface area contributed by atoms with Crippen LogP contribution in [0.2, 0.25) is 0 Å². The number of pyridine rings is 1. The number of hydrogen-bond donors (Lipinski definition) is 2. The van der Waals surface area contributed by atoms with Crippen molar-refractivity contribution in [1.82, 2.24) is 14.9 Å². The summed E-state index contributed by atoms with van der Waals surface area (Å²) in [6.07, 6.45) is 3.95. The number of anilines is 1. The lowest BCUT2D eigenvalue weighted by molar-refractivity contribution is -0.384. The van der Waals surface area contributed by atoms with Crippen LogP contribution in [0.15, 0.2) is 65.6 Å². The van der Waals surface area contributed by atoms with E-state index in [-0.39, 0.29) is 45.9 Å². The van der Waals surface area contributed by atoms with E-state index >= 15 is 0 Å². The largest absolute Gasteiger partial charge is 0.497 e. The van der Waals surface area contributed by atoms with E-state index in [0.29, 0.717) is 32.5 Å². The van der Waals surface area contributed by atoms with Crippen molar-refractivity contribution >= 4 is 28.2 Å². The second kappa shape index (κ2) is 9.79. The van der Waals surface area contributed by atoms with Crippen LogP contribution in [0.3, 0.4) is 0 Å². The minimum atomic E-state index is -0.389. The predicted molar refractivity (Wildman–Crippen MR) is 155 cm³/mol. The molecule has 1 fully saturated rings. The zero-order chi connectivity index (χ0) is 28.2. The molecule has 1 amide bonds. The fraction of sp³-hybridized carbons (Fsp3) is 0.355. The number of fused-ring (bicyclic) bond motifs is 9. The molecular formula is C31H31N5O5. The van der Waals surface area contributed by atoms with Gasteiger partial charge in [-0.1, -0.05) is 6.07 Å². The van der Waals surface area contributed by atoms with E-state index in [0.717, 1.165) is 45.6 Å². The summed E-state index contributed by atoms with van der Waals surface area (Å²) in [6, 6.07) is 16.2. The highest BCUT2D eigenvalue weighted by Gasteiger charge is 2.49. The second-order valence-corrected chi connectivity index (χ2v) is 11.4. The van der Waals surface area contributed by atoms with Gasteiger partial charge in [-0.05, 0) is 66.6 Å². The van der Waals surface area contributed by atoms with Crippen molar-refractivity contribution < 1.29 is 14.5 Å². The Morgan fingerprint density at radius 1 is 1.17 bits per heavy atom. The molecule has 10 heteroatoms. The number of nitro groups is 1. The highest BCUT2D eigenvalue weighted by Crippen LogP contribution is 2.47. The average Bonchev–Trinajstić information content (AvgIpc) is 3.38. The molecule has 5 heterocycles. The third kappa shape index (κ3) is 4.25. The first-order chi connectivity index (χ1) is 19.9. The smallest absolute Gasteiger partial charge is 0.269 e. The Morgan fingerprint density at radius 3 is 2.88 bits per heavy atom. The molecular weight excluding hydrogens is 522 g/mol. The molecule has 0 radical (unpaired) electrons. The molecule has 2 N–H and O–H groups in total. The van der Waals surface area contributed by atoms with E-state index in [1.54, 1.807) is 25.3 Å². The van der Waals surface area contributed by atoms with Crippen LogP contribution in [0.4, 0.5) is 11.4 Å². The summed E-state index contributed by atoms with van der Waals surface area (Å²) < 4.78 is 7.26. The number of aromatic nitrogens is 2. The molecule has 2 aromatic carbocycles. The number of benzene rings is 2. The van der Waals surface area contributed by atoms with Gasteiger partial charge >= 0.3 is 0 Å². The summed E-state index contributed by atoms with van der Waals surface area (Å²) in [6.45, 7) is 1.69. The van der Waals surface area contributed by atoms with Gasteiger partial charge in [-0.2, -0.15) is 0 Å². The van der Waals surface area contributed by atoms with Crippen molar-refractivity contribution in [2.75, 3.05) is 25.1 Å². The standard InChI is InChI=1S/C31H31N5O5/c1-41-23-6-7-26-24(14-23)18(15-33-26)9-10-32-31(38)25-13-19-12-22(36(39)40)5-8-28(19)35-16-20-11-21(30(25)35)17-34-27(20)3-2-4-29(34)37/h2-8,12,14-15,20-21,25,30,33H,9-11,13,16-17H2,1H3,(H,32,38)/t20-,21-,25+,30-/m0/s1. The van der Waals surface area contributed by atoms with Crippen molar-refractivity contribution in [1.29, 1.82) is 0 Å². The van der Waals surface area contributed by atoms with Crippen LogP contribution in [0, 0.1) is 22.0 Å². The second-order valence-electron chi connectivity index (χ2n) is 11.4. The number of aromatic amines is 1. The van der Waals surface area contributed by atoms with Gasteiger partial charge in [0.1, 0.15) is 5.75 Å². The Labute approximate surface area is 236 Å². The number of nitrogens with zero attached hydrogens (tertiary/aromatic N) is 3. The highest BCUT2D eigenvalue weighted by molar-refractivity contribution is 5.85. The fourth-order valence-corrected chi connectivity index (χ4v) is 7.39. The van der Waals surface area contributed by atoms with Gasteiger partial charge in [0.2, 0.25) is 5.91 Å². The Morgan fingerprint density at radius 2 is 2.05 bits per heavy atom. The topological polar surface area (TPSA) is 122 Å². The zero-order valence-corrected chi connectivity index (χ0v) is 22.7. The number of methoxy groups -OCH3 is 1. The summed E-state index contributed by atoms with van der Waals surface area (Å²) >= 11 is 0. The Kier molecular flexibility index (Phi) is 6.06. The minimum absolute atomic E-state index is 0.00570. The molecule has 7 rings (SSSR count). The van der Waals surface area contributed by atoms with E-state index in [4.69, 9.17) is 4.74 Å². The number of amides is 1. The SMILES string of the molecule is COc1ccc2[nH]cc(CCNC(=O)[C@@H]3Cc4cc([N+](=O)[O-])ccc4N4C[C@@H]5C[C@@H](Cn6c5cccc6=O)[C@@H]34)c2c1. The Hall–Kier alpha value is -4.60. The van der Waals surface area contributed by atoms with Gasteiger partial charge in [-0.25, -0.2) is 0 Å². The first-order valence-corrected chi connectivity index (χ1v) is 14.1. The van der Waals surface area contributed by atoms with E-state index in [1.165, 1.54) is 0 Å². The predicted octanol–water partition coefficient (Wildman–Crippen LogP) is 3.77. The van der Waals surface area contributed by atoms with Gasteiger partial charge in [0, 0.05) is 78.3 Å². The molecule has 1 saturated heterocycles. The van der Waals surface area contributed by atoms with Gasteiger partial charge < -0.3 is 24.5 Å². The van der Waals surface area contributed by atoms with Gasteiger partial charge in [-0.15, -0.1) is 0 Å². The lowest BCUT2D eigenvalue weighted by Crippen LogP contribution is -2.61. The summed E-state index contributed by atoms with van der Waals surface area (Å²) in [5.74, 6) is 0.601. The van der Waals surface area contributed by atoms with Crippen LogP contribution >= 0.6 is 0 Å². The number of rotatable bonds is 6. The van der Waals surface area contributed by atoms with Crippen LogP contribution in [0.5, 0.6) is 5.75 Å². The maximum Gasteiger partial charge on any atom is 0.269 e. The Bertz CT molecular complexity index is 1740. The van der Waals surface area contributed by atoms with E-state index in [2.05, 4.69) is 15.2 Å². The molecule has 0 aliphatic carbocycles. The summed E-state index contributed by atoms with van der Waals surface area (Å²) in [5.41, 5.74) is 4.94. The van der Waals surface area contributed by atoms with Crippen molar-refractivity contribution in [3.05, 3.63) is 98.1 Å². The average molecular weight is 554 g/mol. The highest BCUT2D eigenvalue weighted by atomic mass is 16.6. The van der Waals surface area contributed by atoms with Gasteiger partial charge in [0.05, 0.1) is 18.0 Å². The van der Waals surface area contributed by atoms with Crippen LogP contribution < -0.4 is 20.5 Å². The van der Waals surface area contributed by atoms with Crippen molar-refractivity contribution in [3.63, 3.8) is 0 Å². The van der Waals surface area contributed by atoms with Gasteiger partial charge in [0.15, 0.2) is 0 Å². The molecule has 0 saturated carbocycles. The van der Waals surface area contributed by atoms with Gasteiger partial charge in [-0.3, -0.25) is 19.7 Å². The third-order valence-corrected chi connectivity index (χ3v) is 9.21. The maximum atomic E-state index is 13.9. The number of carbonyl (C=O) groups excluding carboxylic acids is 1. The van der Waals surface area contributed by atoms with Crippen LogP contribution in [0.25, 0.3) is 10.9 Å². The molecule has 2 bridgehead atoms. The first kappa shape index (κ1) is 25.4. The number of H-pyrrole nitrogens is 1. The normalized spacial score (nSPS) is 22.4. The first-order valence-electron chi connectivity index (χ1n) is 14.1. The minimum Gasteiger partial charge on any atom is -0.497 e. The summed E-state index contributed by atoms with van der Waals surface area (Å²) in [7, 11) is 1.64. The lowest BCUT2D eigenvalue weighted by atomic mass is 9.70. The number of non-ortho nitro benzene ring substituents is 1. The molecule has 4 atom stereocenters. The molecule has 210 valence electrons. The lowest BCUT2D eigenvalue weighted by Gasteiger charge is -2.54. The Balaban J connectivity index is 1.18. The van der Waals surface area contributed by atoms with Crippen LogP contribution in [-0.4, -0.2) is 46.6 Å². The molecule has 41 heavy (non-hydrogen) atoms. The molecule has 3 aliphatic rings. The molecule has 4 aromatic rings. The maximum absolute atomic E-state index is 13.9. The zero-order valence-electron chi connectivity index (χ0n) is 22.7. The van der Waals surface area contributed by atoms with E-state index in [9.17, 15) is 19.7 Å². The molecule has 3 aliphatic heterocycles. The van der Waals surface area contributed by atoms with E-state index in [1.807, 2.05) is 47.2 Å². The number of nitrogens with one attached hydrogen (secondary N) is 2. The third-order valence-electron chi connectivity index (χ3n) is 9.21. The molecule has 2 aromatic heterocycles. The number of ether oxygens (including phenoxy) is 1. The summed E-state index contributed by atoms with van der Waals surface area (Å²) in [5, 5.41) is 15.8. The molecule has 0 spiro atoms. The van der Waals surface area contributed by atoms with Crippen molar-refractivity contribution in [3.8, 4) is 5.75 Å². The number of nitro benzene ring substituents is 1. The van der Waals surface area contributed by atoms with E-state index < -0.39 is 0 Å². The molecule has 10 nitrogen and oxygen atoms in total. The monoisotopic (exact) mass is 553 g/mol. The van der Waals surface area contributed by atoms with Crippen molar-refractivity contribution in [2.24, 2.45) is 11.8 Å². The number of piperidine rings is 1. The van der Waals surface area contributed by atoms with Crippen LogP contribution in [0.1, 0.15) is 29.2 Å². The fourth-order valence-electron chi connectivity index (χ4n) is 7.39. The summed E-state index contributed by atoms with van der Waals surface area (Å²) in [4.78, 5) is 43.4. The number of hydrogen-bond acceptors (Lipinski definition) is 6. The quantitative estimate of drug-likeness (QED) is 0.277.